The van der Waals surface area contributed by atoms with Crippen LogP contribution >= 0.6 is 0 Å². The minimum atomic E-state index is -0.571. The lowest BCUT2D eigenvalue weighted by atomic mass is 10.0. The van der Waals surface area contributed by atoms with Gasteiger partial charge in [-0.25, -0.2) is 4.79 Å². The highest BCUT2D eigenvalue weighted by Gasteiger charge is 2.32. The van der Waals surface area contributed by atoms with Crippen LogP contribution in [-0.2, 0) is 20.9 Å². The molecule has 0 aromatic heterocycles. The van der Waals surface area contributed by atoms with Crippen LogP contribution in [0, 0.1) is 0 Å². The van der Waals surface area contributed by atoms with Crippen molar-refractivity contribution in [2.45, 2.75) is 44.4 Å². The number of ether oxygens (including phenoxy) is 1. The molecule has 0 spiro atoms. The zero-order chi connectivity index (χ0) is 18.8. The van der Waals surface area contributed by atoms with Crippen molar-refractivity contribution in [3.8, 4) is 0 Å². The molecular formula is C18H26N4O4. The molecule has 1 heterocycles. The molecule has 8 nitrogen and oxygen atoms in total. The number of hydrogen-bond acceptors (Lipinski definition) is 5. The Hall–Kier alpha value is -2.61. The SMILES string of the molecule is NCCCC1NC(=O)C(CCCNC(=O)OCc2ccccc2)NC1=O. The quantitative estimate of drug-likeness (QED) is 0.474. The van der Waals surface area contributed by atoms with Gasteiger partial charge in [0, 0.05) is 6.54 Å². The Bertz CT molecular complexity index is 608. The predicted octanol–water partition coefficient (Wildman–Crippen LogP) is 0.415. The number of carbonyl (C=O) groups is 3. The lowest BCUT2D eigenvalue weighted by Crippen LogP contribution is -2.61. The van der Waals surface area contributed by atoms with Crippen LogP contribution in [0.1, 0.15) is 31.2 Å². The van der Waals surface area contributed by atoms with Crippen molar-refractivity contribution in [2.24, 2.45) is 5.73 Å². The number of carbonyl (C=O) groups excluding carboxylic acids is 3. The highest BCUT2D eigenvalue weighted by molar-refractivity contribution is 5.96. The summed E-state index contributed by atoms with van der Waals surface area (Å²) in [4.78, 5) is 35.6. The Morgan fingerprint density at radius 1 is 1.04 bits per heavy atom. The van der Waals surface area contributed by atoms with E-state index in [2.05, 4.69) is 16.0 Å². The number of piperazine rings is 1. The minimum absolute atomic E-state index is 0.182. The highest BCUT2D eigenvalue weighted by atomic mass is 16.5. The van der Waals surface area contributed by atoms with Crippen molar-refractivity contribution < 1.29 is 19.1 Å². The maximum atomic E-state index is 12.0. The summed E-state index contributed by atoms with van der Waals surface area (Å²) in [5.41, 5.74) is 6.33. The maximum absolute atomic E-state index is 12.0. The molecule has 5 N–H and O–H groups in total. The fraction of sp³-hybridized carbons (Fsp3) is 0.500. The van der Waals surface area contributed by atoms with Gasteiger partial charge in [-0.05, 0) is 37.8 Å². The van der Waals surface area contributed by atoms with E-state index in [0.717, 1.165) is 5.56 Å². The van der Waals surface area contributed by atoms with Gasteiger partial charge in [0.1, 0.15) is 18.7 Å². The monoisotopic (exact) mass is 362 g/mol. The van der Waals surface area contributed by atoms with Crippen LogP contribution in [0.4, 0.5) is 4.79 Å². The zero-order valence-electron chi connectivity index (χ0n) is 14.7. The molecule has 2 atom stereocenters. The normalized spacial score (nSPS) is 19.4. The summed E-state index contributed by atoms with van der Waals surface area (Å²) < 4.78 is 5.10. The van der Waals surface area contributed by atoms with E-state index in [1.165, 1.54) is 0 Å². The number of nitrogens with two attached hydrogens (primary N) is 1. The van der Waals surface area contributed by atoms with Crippen molar-refractivity contribution in [1.29, 1.82) is 0 Å². The third-order valence-electron chi connectivity index (χ3n) is 4.11. The third-order valence-corrected chi connectivity index (χ3v) is 4.11. The largest absolute Gasteiger partial charge is 0.445 e. The third kappa shape index (κ3) is 6.36. The van der Waals surface area contributed by atoms with E-state index in [9.17, 15) is 14.4 Å². The molecule has 26 heavy (non-hydrogen) atoms. The number of benzene rings is 1. The first kappa shape index (κ1) is 19.7. The first-order valence-corrected chi connectivity index (χ1v) is 8.85. The summed E-state index contributed by atoms with van der Waals surface area (Å²) in [5.74, 6) is -0.378. The van der Waals surface area contributed by atoms with Gasteiger partial charge in [-0.1, -0.05) is 30.3 Å². The topological polar surface area (TPSA) is 123 Å². The van der Waals surface area contributed by atoms with Crippen molar-refractivity contribution in [2.75, 3.05) is 13.1 Å². The molecule has 8 heteroatoms. The molecular weight excluding hydrogens is 336 g/mol. The van der Waals surface area contributed by atoms with E-state index in [1.54, 1.807) is 0 Å². The van der Waals surface area contributed by atoms with Crippen LogP contribution in [0.3, 0.4) is 0 Å². The van der Waals surface area contributed by atoms with Crippen LogP contribution in [0.2, 0.25) is 0 Å². The number of amides is 3. The highest BCUT2D eigenvalue weighted by Crippen LogP contribution is 2.07. The van der Waals surface area contributed by atoms with Crippen LogP contribution in [-0.4, -0.2) is 43.1 Å². The Labute approximate surface area is 152 Å². The molecule has 2 unspecified atom stereocenters. The van der Waals surface area contributed by atoms with E-state index in [1.807, 2.05) is 30.3 Å². The first-order chi connectivity index (χ1) is 12.6. The fourth-order valence-electron chi connectivity index (χ4n) is 2.68. The van der Waals surface area contributed by atoms with E-state index >= 15 is 0 Å². The number of alkyl carbamates (subject to hydrolysis) is 1. The average molecular weight is 362 g/mol. The van der Waals surface area contributed by atoms with E-state index < -0.39 is 18.2 Å². The first-order valence-electron chi connectivity index (χ1n) is 8.85. The molecule has 1 fully saturated rings. The van der Waals surface area contributed by atoms with E-state index in [0.29, 0.717) is 38.8 Å². The van der Waals surface area contributed by atoms with Gasteiger partial charge in [0.15, 0.2) is 0 Å². The van der Waals surface area contributed by atoms with Crippen molar-refractivity contribution in [3.05, 3.63) is 35.9 Å². The average Bonchev–Trinajstić information content (AvgIpc) is 2.65. The van der Waals surface area contributed by atoms with Gasteiger partial charge in [-0.3, -0.25) is 9.59 Å². The maximum Gasteiger partial charge on any atom is 0.407 e. The Morgan fingerprint density at radius 3 is 2.27 bits per heavy atom. The number of rotatable bonds is 9. The van der Waals surface area contributed by atoms with Crippen LogP contribution in [0.25, 0.3) is 0 Å². The summed E-state index contributed by atoms with van der Waals surface area (Å²) in [6.45, 7) is 1.05. The standard InChI is InChI=1S/C18H26N4O4/c19-10-4-8-14-16(23)22-15(17(24)21-14)9-5-11-20-18(25)26-12-13-6-2-1-3-7-13/h1-3,6-7,14-15H,4-5,8-12,19H2,(H,20,25)(H,21,24)(H,22,23). The zero-order valence-corrected chi connectivity index (χ0v) is 14.7. The van der Waals surface area contributed by atoms with Gasteiger partial charge in [0.25, 0.3) is 0 Å². The smallest absolute Gasteiger partial charge is 0.407 e. The van der Waals surface area contributed by atoms with Crippen LogP contribution in [0.5, 0.6) is 0 Å². The summed E-state index contributed by atoms with van der Waals surface area (Å²) in [7, 11) is 0. The van der Waals surface area contributed by atoms with E-state index in [-0.39, 0.29) is 18.4 Å². The molecule has 0 aliphatic carbocycles. The molecule has 0 saturated carbocycles. The van der Waals surface area contributed by atoms with Gasteiger partial charge in [-0.15, -0.1) is 0 Å². The molecule has 1 saturated heterocycles. The van der Waals surface area contributed by atoms with Crippen molar-refractivity contribution >= 4 is 17.9 Å². The summed E-state index contributed by atoms with van der Waals surface area (Å²) in [6, 6.07) is 8.31. The van der Waals surface area contributed by atoms with Gasteiger partial charge >= 0.3 is 6.09 Å². The predicted molar refractivity (Wildman–Crippen MR) is 96.0 cm³/mol. The molecule has 0 radical (unpaired) electrons. The van der Waals surface area contributed by atoms with Gasteiger partial charge in [0.2, 0.25) is 11.8 Å². The molecule has 142 valence electrons. The second-order valence-electron chi connectivity index (χ2n) is 6.18. The number of hydrogen-bond donors (Lipinski definition) is 4. The lowest BCUT2D eigenvalue weighted by Gasteiger charge is -2.29. The molecule has 1 aliphatic heterocycles. The molecule has 1 aliphatic rings. The molecule has 0 bridgehead atoms. The fourth-order valence-corrected chi connectivity index (χ4v) is 2.68. The van der Waals surface area contributed by atoms with Crippen molar-refractivity contribution in [1.82, 2.24) is 16.0 Å². The molecule has 1 aromatic carbocycles. The lowest BCUT2D eigenvalue weighted by molar-refractivity contribution is -0.137. The number of nitrogens with one attached hydrogen (secondary N) is 3. The Balaban J connectivity index is 1.61. The summed E-state index contributed by atoms with van der Waals surface area (Å²) in [6.07, 6.45) is 1.70. The van der Waals surface area contributed by atoms with Gasteiger partial charge in [0.05, 0.1) is 0 Å². The summed E-state index contributed by atoms with van der Waals surface area (Å²) >= 11 is 0. The van der Waals surface area contributed by atoms with Crippen molar-refractivity contribution in [3.63, 3.8) is 0 Å². The Morgan fingerprint density at radius 2 is 1.65 bits per heavy atom. The molecule has 2 rings (SSSR count). The van der Waals surface area contributed by atoms with Gasteiger partial charge in [-0.2, -0.15) is 0 Å². The second kappa shape index (κ2) is 10.4. The molecule has 1 aromatic rings. The van der Waals surface area contributed by atoms with Crippen LogP contribution in [0.15, 0.2) is 30.3 Å². The Kier molecular flexibility index (Phi) is 7.88. The van der Waals surface area contributed by atoms with E-state index in [4.69, 9.17) is 10.5 Å². The minimum Gasteiger partial charge on any atom is -0.445 e. The second-order valence-corrected chi connectivity index (χ2v) is 6.18. The molecule has 3 amide bonds. The van der Waals surface area contributed by atoms with Gasteiger partial charge < -0.3 is 26.4 Å². The van der Waals surface area contributed by atoms with Crippen LogP contribution < -0.4 is 21.7 Å². The summed E-state index contributed by atoms with van der Waals surface area (Å²) in [5, 5.41) is 8.08.